The number of urea groups is 1. The van der Waals surface area contributed by atoms with Crippen LogP contribution in [0.2, 0.25) is 0 Å². The predicted octanol–water partition coefficient (Wildman–Crippen LogP) is 5.03. The lowest BCUT2D eigenvalue weighted by Crippen LogP contribution is -2.54. The van der Waals surface area contributed by atoms with E-state index in [0.717, 1.165) is 37.0 Å². The van der Waals surface area contributed by atoms with Crippen molar-refractivity contribution in [1.82, 2.24) is 15.6 Å². The van der Waals surface area contributed by atoms with Crippen molar-refractivity contribution in [3.05, 3.63) is 76.0 Å². The molecular formula is C25H27FN4O3S. The fraction of sp³-hybridized carbons (Fsp3) is 0.320. The van der Waals surface area contributed by atoms with Gasteiger partial charge in [0.2, 0.25) is 0 Å². The monoisotopic (exact) mass is 482 g/mol. The van der Waals surface area contributed by atoms with E-state index in [1.165, 1.54) is 23.5 Å². The van der Waals surface area contributed by atoms with Gasteiger partial charge < -0.3 is 20.7 Å². The average Bonchev–Trinajstić information content (AvgIpc) is 3.31. The summed E-state index contributed by atoms with van der Waals surface area (Å²) < 4.78 is 19.6. The molecule has 1 aliphatic rings. The molecule has 0 saturated heterocycles. The molecule has 3 aromatic rings. The molecule has 3 N–H and O–H groups in total. The first-order valence-corrected chi connectivity index (χ1v) is 12.1. The number of benzene rings is 2. The maximum atomic E-state index is 13.8. The number of nitrogens with zero attached hydrogens (tertiary/aromatic N) is 1. The highest BCUT2D eigenvalue weighted by atomic mass is 32.1. The maximum Gasteiger partial charge on any atom is 0.319 e. The lowest BCUT2D eigenvalue weighted by Gasteiger charge is -2.32. The molecule has 1 aliphatic carbocycles. The van der Waals surface area contributed by atoms with Crippen LogP contribution in [-0.2, 0) is 6.61 Å². The Labute approximate surface area is 201 Å². The SMILES string of the molecule is Cc1ccc(OCc2nc(C(=O)NC3CCCCC3NC(=O)Nc3ccccc3F)cs2)cc1. The Hall–Kier alpha value is -3.46. The third-order valence-electron chi connectivity index (χ3n) is 5.69. The molecule has 1 heterocycles. The highest BCUT2D eigenvalue weighted by Crippen LogP contribution is 2.21. The molecule has 1 fully saturated rings. The Morgan fingerprint density at radius 2 is 1.76 bits per heavy atom. The number of ether oxygens (including phenoxy) is 1. The van der Waals surface area contributed by atoms with Gasteiger partial charge in [-0.3, -0.25) is 4.79 Å². The minimum atomic E-state index is -0.503. The van der Waals surface area contributed by atoms with Crippen molar-refractivity contribution in [3.63, 3.8) is 0 Å². The Kier molecular flexibility index (Phi) is 7.74. The number of halogens is 1. The van der Waals surface area contributed by atoms with Crippen LogP contribution in [0.25, 0.3) is 0 Å². The summed E-state index contributed by atoms with van der Waals surface area (Å²) in [6.07, 6.45) is 3.35. The summed E-state index contributed by atoms with van der Waals surface area (Å²) >= 11 is 1.36. The number of anilines is 1. The largest absolute Gasteiger partial charge is 0.486 e. The summed E-state index contributed by atoms with van der Waals surface area (Å²) in [5.41, 5.74) is 1.59. The Bertz CT molecular complexity index is 1140. The molecule has 0 spiro atoms. The van der Waals surface area contributed by atoms with E-state index >= 15 is 0 Å². The first-order valence-electron chi connectivity index (χ1n) is 11.2. The molecule has 2 atom stereocenters. The van der Waals surface area contributed by atoms with E-state index in [4.69, 9.17) is 4.74 Å². The number of amides is 3. The molecule has 0 aliphatic heterocycles. The number of aryl methyl sites for hydroxylation is 1. The average molecular weight is 483 g/mol. The summed E-state index contributed by atoms with van der Waals surface area (Å²) in [7, 11) is 0. The van der Waals surface area contributed by atoms with Crippen LogP contribution in [0.5, 0.6) is 5.75 Å². The van der Waals surface area contributed by atoms with Crippen LogP contribution in [0.4, 0.5) is 14.9 Å². The molecule has 178 valence electrons. The Balaban J connectivity index is 1.31. The molecule has 1 aromatic heterocycles. The minimum absolute atomic E-state index is 0.110. The first kappa shape index (κ1) is 23.7. The molecule has 2 aromatic carbocycles. The van der Waals surface area contributed by atoms with Crippen molar-refractivity contribution in [2.45, 2.75) is 51.3 Å². The van der Waals surface area contributed by atoms with Gasteiger partial charge in [-0.2, -0.15) is 0 Å². The normalized spacial score (nSPS) is 17.6. The van der Waals surface area contributed by atoms with Crippen LogP contribution < -0.4 is 20.7 Å². The van der Waals surface area contributed by atoms with Gasteiger partial charge >= 0.3 is 6.03 Å². The van der Waals surface area contributed by atoms with E-state index in [0.29, 0.717) is 10.7 Å². The van der Waals surface area contributed by atoms with Crippen molar-refractivity contribution in [2.75, 3.05) is 5.32 Å². The molecule has 1 saturated carbocycles. The highest BCUT2D eigenvalue weighted by Gasteiger charge is 2.29. The molecular weight excluding hydrogens is 455 g/mol. The van der Waals surface area contributed by atoms with Gasteiger partial charge in [0.05, 0.1) is 11.7 Å². The Morgan fingerprint density at radius 1 is 1.06 bits per heavy atom. The summed E-state index contributed by atoms with van der Waals surface area (Å²) in [5, 5.41) is 10.8. The number of hydrogen-bond acceptors (Lipinski definition) is 5. The van der Waals surface area contributed by atoms with E-state index < -0.39 is 11.8 Å². The van der Waals surface area contributed by atoms with E-state index in [2.05, 4.69) is 20.9 Å². The van der Waals surface area contributed by atoms with Gasteiger partial charge in [0, 0.05) is 11.4 Å². The standard InChI is InChI=1S/C25H27FN4O3S/c1-16-10-12-17(13-11-16)33-14-23-27-22(15-34-23)24(31)28-20-8-4-5-9-21(20)30-25(32)29-19-7-3-2-6-18(19)26/h2-3,6-7,10-13,15,20-21H,4-5,8-9,14H2,1H3,(H,28,31)(H2,29,30,32). The van der Waals surface area contributed by atoms with Crippen molar-refractivity contribution < 1.29 is 18.7 Å². The Morgan fingerprint density at radius 3 is 2.50 bits per heavy atom. The van der Waals surface area contributed by atoms with Gasteiger partial charge in [-0.1, -0.05) is 42.7 Å². The zero-order valence-corrected chi connectivity index (χ0v) is 19.7. The minimum Gasteiger partial charge on any atom is -0.486 e. The summed E-state index contributed by atoms with van der Waals surface area (Å²) in [6, 6.07) is 12.7. The second kappa shape index (κ2) is 11.1. The molecule has 2 unspecified atom stereocenters. The fourth-order valence-corrected chi connectivity index (χ4v) is 4.55. The highest BCUT2D eigenvalue weighted by molar-refractivity contribution is 7.09. The summed E-state index contributed by atoms with van der Waals surface area (Å²) in [5.74, 6) is -0.0422. The maximum absolute atomic E-state index is 13.8. The number of thiazole rings is 1. The number of hydrogen-bond donors (Lipinski definition) is 3. The lowest BCUT2D eigenvalue weighted by molar-refractivity contribution is 0.0911. The van der Waals surface area contributed by atoms with Gasteiger partial charge in [0.15, 0.2) is 0 Å². The van der Waals surface area contributed by atoms with Gasteiger partial charge in [-0.25, -0.2) is 14.2 Å². The zero-order valence-electron chi connectivity index (χ0n) is 18.8. The van der Waals surface area contributed by atoms with Crippen LogP contribution >= 0.6 is 11.3 Å². The van der Waals surface area contributed by atoms with E-state index in [1.54, 1.807) is 17.5 Å². The van der Waals surface area contributed by atoms with Crippen LogP contribution in [-0.4, -0.2) is 29.0 Å². The number of nitrogens with one attached hydrogen (secondary N) is 3. The number of rotatable bonds is 7. The van der Waals surface area contributed by atoms with E-state index in [9.17, 15) is 14.0 Å². The topological polar surface area (TPSA) is 92.3 Å². The molecule has 3 amide bonds. The lowest BCUT2D eigenvalue weighted by atomic mass is 9.90. The molecule has 0 radical (unpaired) electrons. The molecule has 9 heteroatoms. The van der Waals surface area contributed by atoms with E-state index in [-0.39, 0.29) is 30.3 Å². The van der Waals surface area contributed by atoms with Crippen molar-refractivity contribution in [2.24, 2.45) is 0 Å². The molecule has 7 nitrogen and oxygen atoms in total. The second-order valence-electron chi connectivity index (χ2n) is 8.28. The van der Waals surface area contributed by atoms with Crippen LogP contribution in [0.15, 0.2) is 53.9 Å². The second-order valence-corrected chi connectivity index (χ2v) is 9.22. The van der Waals surface area contributed by atoms with Gasteiger partial charge in [-0.05, 0) is 44.0 Å². The number of carbonyl (C=O) groups excluding carboxylic acids is 2. The van der Waals surface area contributed by atoms with Gasteiger partial charge in [0.25, 0.3) is 5.91 Å². The number of carbonyl (C=O) groups is 2. The first-order chi connectivity index (χ1) is 16.5. The molecule has 34 heavy (non-hydrogen) atoms. The predicted molar refractivity (Wildman–Crippen MR) is 130 cm³/mol. The summed E-state index contributed by atoms with van der Waals surface area (Å²) in [6.45, 7) is 2.29. The van der Waals surface area contributed by atoms with Gasteiger partial charge in [-0.15, -0.1) is 11.3 Å². The zero-order chi connectivity index (χ0) is 23.9. The van der Waals surface area contributed by atoms with Gasteiger partial charge in [0.1, 0.15) is 28.9 Å². The van der Waals surface area contributed by atoms with Crippen LogP contribution in [0.3, 0.4) is 0 Å². The van der Waals surface area contributed by atoms with Crippen LogP contribution in [0, 0.1) is 12.7 Å². The quantitative estimate of drug-likeness (QED) is 0.440. The molecule has 4 rings (SSSR count). The third-order valence-corrected chi connectivity index (χ3v) is 6.51. The smallest absolute Gasteiger partial charge is 0.319 e. The van der Waals surface area contributed by atoms with E-state index in [1.807, 2.05) is 31.2 Å². The molecule has 0 bridgehead atoms. The third kappa shape index (κ3) is 6.32. The van der Waals surface area contributed by atoms with Crippen molar-refractivity contribution in [1.29, 1.82) is 0 Å². The fourth-order valence-electron chi connectivity index (χ4n) is 3.87. The van der Waals surface area contributed by atoms with Crippen molar-refractivity contribution in [3.8, 4) is 5.75 Å². The summed E-state index contributed by atoms with van der Waals surface area (Å²) in [4.78, 5) is 29.6. The number of para-hydroxylation sites is 1. The van der Waals surface area contributed by atoms with Crippen LogP contribution in [0.1, 0.15) is 46.7 Å². The van der Waals surface area contributed by atoms with Crippen molar-refractivity contribution >= 4 is 29.0 Å². The number of aromatic nitrogens is 1.